The van der Waals surface area contributed by atoms with Crippen LogP contribution in [0.1, 0.15) is 11.1 Å². The number of benzene rings is 2. The molecule has 1 aromatic heterocycles. The first kappa shape index (κ1) is 16.5. The van der Waals surface area contributed by atoms with Gasteiger partial charge in [-0.05, 0) is 23.3 Å². The molecule has 2 aromatic carbocycles. The van der Waals surface area contributed by atoms with Crippen LogP contribution in [0.5, 0.6) is 5.75 Å². The van der Waals surface area contributed by atoms with Crippen LogP contribution in [0.2, 0.25) is 0 Å². The Labute approximate surface area is 145 Å². The highest BCUT2D eigenvalue weighted by atomic mass is 16.5. The molecule has 2 N–H and O–H groups in total. The predicted molar refractivity (Wildman–Crippen MR) is 94.4 cm³/mol. The summed E-state index contributed by atoms with van der Waals surface area (Å²) in [6.07, 6.45) is 1.59. The molecule has 7 nitrogen and oxygen atoms in total. The summed E-state index contributed by atoms with van der Waals surface area (Å²) in [5, 5.41) is 9.63. The molecular weight excluding hydrogens is 318 g/mol. The first-order chi connectivity index (χ1) is 12.2. The van der Waals surface area contributed by atoms with Crippen LogP contribution in [-0.2, 0) is 13.1 Å². The van der Waals surface area contributed by atoms with Gasteiger partial charge in [-0.15, -0.1) is 5.10 Å². The molecule has 128 valence electrons. The predicted octanol–water partition coefficient (Wildman–Crippen LogP) is 2.66. The van der Waals surface area contributed by atoms with E-state index in [1.165, 1.54) is 0 Å². The van der Waals surface area contributed by atoms with E-state index in [2.05, 4.69) is 20.7 Å². The molecule has 0 spiro atoms. The molecule has 0 atom stereocenters. The minimum Gasteiger partial charge on any atom is -0.497 e. The highest BCUT2D eigenvalue weighted by Gasteiger charge is 2.06. The number of nitrogens with zero attached hydrogens (tertiary/aromatic N) is 3. The van der Waals surface area contributed by atoms with Gasteiger partial charge < -0.3 is 10.1 Å². The lowest BCUT2D eigenvalue weighted by Gasteiger charge is -2.06. The van der Waals surface area contributed by atoms with E-state index in [0.29, 0.717) is 13.1 Å². The zero-order chi connectivity index (χ0) is 17.5. The van der Waals surface area contributed by atoms with Crippen LogP contribution >= 0.6 is 0 Å². The van der Waals surface area contributed by atoms with Crippen molar-refractivity contribution in [1.82, 2.24) is 20.1 Å². The summed E-state index contributed by atoms with van der Waals surface area (Å²) < 4.78 is 6.83. The minimum absolute atomic E-state index is 0.263. The zero-order valence-corrected chi connectivity index (χ0v) is 13.8. The number of methoxy groups -OCH3 is 1. The Morgan fingerprint density at radius 1 is 1.12 bits per heavy atom. The number of amides is 2. The van der Waals surface area contributed by atoms with Crippen LogP contribution in [0.3, 0.4) is 0 Å². The molecule has 3 aromatic rings. The maximum Gasteiger partial charge on any atom is 0.321 e. The van der Waals surface area contributed by atoms with E-state index in [0.717, 1.165) is 16.9 Å². The van der Waals surface area contributed by atoms with Gasteiger partial charge in [0.1, 0.15) is 12.1 Å². The molecule has 0 aliphatic rings. The van der Waals surface area contributed by atoms with Gasteiger partial charge in [-0.25, -0.2) is 14.5 Å². The lowest BCUT2D eigenvalue weighted by atomic mass is 10.2. The van der Waals surface area contributed by atoms with Gasteiger partial charge in [0, 0.05) is 6.54 Å². The van der Waals surface area contributed by atoms with Crippen molar-refractivity contribution in [3.8, 4) is 5.75 Å². The van der Waals surface area contributed by atoms with Crippen molar-refractivity contribution in [2.45, 2.75) is 13.1 Å². The van der Waals surface area contributed by atoms with Gasteiger partial charge in [-0.3, -0.25) is 5.32 Å². The summed E-state index contributed by atoms with van der Waals surface area (Å²) in [5.74, 6) is 1.01. The number of urea groups is 1. The van der Waals surface area contributed by atoms with E-state index in [1.54, 1.807) is 18.1 Å². The second-order valence-electron chi connectivity index (χ2n) is 5.41. The van der Waals surface area contributed by atoms with Gasteiger partial charge >= 0.3 is 6.03 Å². The van der Waals surface area contributed by atoms with Crippen LogP contribution in [0.4, 0.5) is 10.7 Å². The van der Waals surface area contributed by atoms with Gasteiger partial charge in [0.15, 0.2) is 0 Å². The zero-order valence-electron chi connectivity index (χ0n) is 13.8. The number of nitrogens with one attached hydrogen (secondary N) is 2. The lowest BCUT2D eigenvalue weighted by Crippen LogP contribution is -2.28. The average Bonchev–Trinajstić information content (AvgIpc) is 3.08. The molecule has 25 heavy (non-hydrogen) atoms. The molecule has 3 rings (SSSR count). The van der Waals surface area contributed by atoms with E-state index in [4.69, 9.17) is 4.74 Å². The Kier molecular flexibility index (Phi) is 5.26. The summed E-state index contributed by atoms with van der Waals surface area (Å²) in [4.78, 5) is 16.1. The molecule has 0 aliphatic carbocycles. The number of carbonyl (C=O) groups is 1. The van der Waals surface area contributed by atoms with Crippen LogP contribution < -0.4 is 15.4 Å². The van der Waals surface area contributed by atoms with E-state index in [1.807, 2.05) is 54.6 Å². The van der Waals surface area contributed by atoms with Crippen LogP contribution in [0.15, 0.2) is 60.9 Å². The van der Waals surface area contributed by atoms with E-state index >= 15 is 0 Å². The average molecular weight is 337 g/mol. The normalized spacial score (nSPS) is 10.3. The summed E-state index contributed by atoms with van der Waals surface area (Å²) >= 11 is 0. The number of rotatable bonds is 6. The third-order valence-corrected chi connectivity index (χ3v) is 3.54. The smallest absolute Gasteiger partial charge is 0.321 e. The summed E-state index contributed by atoms with van der Waals surface area (Å²) in [6.45, 7) is 0.981. The topological polar surface area (TPSA) is 81.1 Å². The first-order valence-electron chi connectivity index (χ1n) is 7.84. The van der Waals surface area contributed by atoms with Gasteiger partial charge in [-0.2, -0.15) is 0 Å². The molecule has 2 amide bonds. The highest BCUT2D eigenvalue weighted by Crippen LogP contribution is 2.12. The minimum atomic E-state index is -0.361. The fraction of sp³-hybridized carbons (Fsp3) is 0.167. The molecule has 0 radical (unpaired) electrons. The molecule has 0 fully saturated rings. The summed E-state index contributed by atoms with van der Waals surface area (Å²) in [7, 11) is 1.61. The van der Waals surface area contributed by atoms with Crippen molar-refractivity contribution in [2.75, 3.05) is 12.4 Å². The van der Waals surface area contributed by atoms with Crippen LogP contribution in [0.25, 0.3) is 0 Å². The van der Waals surface area contributed by atoms with Crippen molar-refractivity contribution in [2.24, 2.45) is 0 Å². The van der Waals surface area contributed by atoms with Gasteiger partial charge in [-0.1, -0.05) is 42.5 Å². The number of hydrogen-bond donors (Lipinski definition) is 2. The molecule has 7 heteroatoms. The molecule has 0 aliphatic heterocycles. The quantitative estimate of drug-likeness (QED) is 0.724. The molecule has 0 saturated heterocycles. The summed E-state index contributed by atoms with van der Waals surface area (Å²) in [6, 6.07) is 17.1. The Balaban J connectivity index is 1.51. The van der Waals surface area contributed by atoms with E-state index in [9.17, 15) is 4.79 Å². The molecule has 0 saturated carbocycles. The maximum atomic E-state index is 12.0. The van der Waals surface area contributed by atoms with Crippen molar-refractivity contribution >= 4 is 12.0 Å². The van der Waals surface area contributed by atoms with Crippen LogP contribution in [-0.4, -0.2) is 27.9 Å². The number of anilines is 1. The molecule has 1 heterocycles. The Bertz CT molecular complexity index is 832. The fourth-order valence-corrected chi connectivity index (χ4v) is 2.31. The Hall–Kier alpha value is -3.35. The van der Waals surface area contributed by atoms with E-state index in [-0.39, 0.29) is 12.0 Å². The van der Waals surface area contributed by atoms with Crippen molar-refractivity contribution < 1.29 is 9.53 Å². The van der Waals surface area contributed by atoms with Gasteiger partial charge in [0.05, 0.1) is 13.7 Å². The lowest BCUT2D eigenvalue weighted by molar-refractivity contribution is 0.251. The van der Waals surface area contributed by atoms with Gasteiger partial charge in [0.2, 0.25) is 5.95 Å². The second-order valence-corrected chi connectivity index (χ2v) is 5.41. The molecule has 0 unspecified atom stereocenters. The molecule has 0 bridgehead atoms. The maximum absolute atomic E-state index is 12.0. The SMILES string of the molecule is COc1cccc(CNC(=O)Nc2ncn(Cc3ccccc3)n2)c1. The largest absolute Gasteiger partial charge is 0.497 e. The van der Waals surface area contributed by atoms with E-state index < -0.39 is 0 Å². The second kappa shape index (κ2) is 7.96. The van der Waals surface area contributed by atoms with Gasteiger partial charge in [0.25, 0.3) is 0 Å². The monoisotopic (exact) mass is 337 g/mol. The Morgan fingerprint density at radius 2 is 1.92 bits per heavy atom. The summed E-state index contributed by atoms with van der Waals surface area (Å²) in [5.41, 5.74) is 2.05. The highest BCUT2D eigenvalue weighted by molar-refractivity contribution is 5.87. The standard InChI is InChI=1S/C18H19N5O2/c1-25-16-9-5-8-15(10-16)11-19-18(24)21-17-20-13-23(22-17)12-14-6-3-2-4-7-14/h2-10,13H,11-12H2,1H3,(H2,19,21,22,24). The fourth-order valence-electron chi connectivity index (χ4n) is 2.31. The number of hydrogen-bond acceptors (Lipinski definition) is 4. The van der Waals surface area contributed by atoms with Crippen molar-refractivity contribution in [1.29, 1.82) is 0 Å². The number of aromatic nitrogens is 3. The first-order valence-corrected chi connectivity index (χ1v) is 7.84. The Morgan fingerprint density at radius 3 is 2.72 bits per heavy atom. The third-order valence-electron chi connectivity index (χ3n) is 3.54. The number of carbonyl (C=O) groups excluding carboxylic acids is 1. The van der Waals surface area contributed by atoms with Crippen molar-refractivity contribution in [3.63, 3.8) is 0 Å². The van der Waals surface area contributed by atoms with Crippen molar-refractivity contribution in [3.05, 3.63) is 72.1 Å². The number of ether oxygens (including phenoxy) is 1. The molecular formula is C18H19N5O2. The van der Waals surface area contributed by atoms with Crippen LogP contribution in [0, 0.1) is 0 Å². The third kappa shape index (κ3) is 4.81.